The van der Waals surface area contributed by atoms with Crippen LogP contribution in [0.1, 0.15) is 16.7 Å². The summed E-state index contributed by atoms with van der Waals surface area (Å²) in [6, 6.07) is 17.7. The highest BCUT2D eigenvalue weighted by Gasteiger charge is 1.95. The van der Waals surface area contributed by atoms with Crippen molar-refractivity contribution >= 4 is 24.2 Å². The van der Waals surface area contributed by atoms with E-state index in [9.17, 15) is 4.79 Å². The highest BCUT2D eigenvalue weighted by atomic mass is 16.4. The van der Waals surface area contributed by atoms with Crippen molar-refractivity contribution in [2.45, 2.75) is 0 Å². The predicted octanol–water partition coefficient (Wildman–Crippen LogP) is 3.95. The van der Waals surface area contributed by atoms with Gasteiger partial charge in [0.1, 0.15) is 0 Å². The van der Waals surface area contributed by atoms with E-state index in [1.54, 1.807) is 6.08 Å². The van der Waals surface area contributed by atoms with Gasteiger partial charge in [0.2, 0.25) is 0 Å². The molecule has 0 saturated carbocycles. The maximum absolute atomic E-state index is 10.6. The number of benzene rings is 2. The Hall–Kier alpha value is -2.61. The molecule has 0 saturated heterocycles. The molecule has 0 heterocycles. The molecule has 2 aromatic carbocycles. The number of carboxylic acids is 1. The highest BCUT2D eigenvalue weighted by molar-refractivity contribution is 5.87. The van der Waals surface area contributed by atoms with Crippen LogP contribution in [0.2, 0.25) is 0 Å². The molecule has 0 aliphatic heterocycles. The normalized spacial score (nSPS) is 11.2. The van der Waals surface area contributed by atoms with Crippen molar-refractivity contribution in [3.63, 3.8) is 0 Å². The topological polar surface area (TPSA) is 37.3 Å². The third-order valence-electron chi connectivity index (χ3n) is 2.66. The molecule has 2 rings (SSSR count). The van der Waals surface area contributed by atoms with E-state index in [0.717, 1.165) is 22.8 Å². The smallest absolute Gasteiger partial charge is 0.328 e. The van der Waals surface area contributed by atoms with Gasteiger partial charge in [-0.1, -0.05) is 66.7 Å². The lowest BCUT2D eigenvalue weighted by Crippen LogP contribution is -1.87. The predicted molar refractivity (Wildman–Crippen MR) is 78.5 cm³/mol. The Kier molecular flexibility index (Phi) is 4.29. The van der Waals surface area contributed by atoms with E-state index in [1.807, 2.05) is 66.7 Å². The Morgan fingerprint density at radius 1 is 0.789 bits per heavy atom. The van der Waals surface area contributed by atoms with Crippen LogP contribution in [0.3, 0.4) is 0 Å². The Labute approximate surface area is 112 Å². The molecule has 0 aromatic heterocycles. The lowest BCUT2D eigenvalue weighted by Gasteiger charge is -2.00. The van der Waals surface area contributed by atoms with Crippen LogP contribution in [0.5, 0.6) is 0 Å². The van der Waals surface area contributed by atoms with Gasteiger partial charge in [-0.15, -0.1) is 0 Å². The minimum absolute atomic E-state index is 0.886. The van der Waals surface area contributed by atoms with Gasteiger partial charge in [0, 0.05) is 6.08 Å². The fourth-order valence-electron chi connectivity index (χ4n) is 1.73. The van der Waals surface area contributed by atoms with Crippen molar-refractivity contribution in [3.05, 3.63) is 77.4 Å². The van der Waals surface area contributed by atoms with Crippen LogP contribution in [0.25, 0.3) is 18.2 Å². The molecule has 1 N–H and O–H groups in total. The second kappa shape index (κ2) is 6.36. The van der Waals surface area contributed by atoms with E-state index in [-0.39, 0.29) is 0 Å². The largest absolute Gasteiger partial charge is 0.478 e. The van der Waals surface area contributed by atoms with Crippen molar-refractivity contribution in [2.75, 3.05) is 0 Å². The summed E-state index contributed by atoms with van der Waals surface area (Å²) in [4.78, 5) is 10.6. The van der Waals surface area contributed by atoms with Crippen LogP contribution < -0.4 is 0 Å². The Balaban J connectivity index is 2.25. The minimum Gasteiger partial charge on any atom is -0.478 e. The maximum Gasteiger partial charge on any atom is 0.328 e. The van der Waals surface area contributed by atoms with Crippen LogP contribution in [-0.2, 0) is 4.79 Å². The van der Waals surface area contributed by atoms with Gasteiger partial charge in [0.05, 0.1) is 0 Å². The molecule has 0 fully saturated rings. The quantitative estimate of drug-likeness (QED) is 0.659. The third-order valence-corrected chi connectivity index (χ3v) is 2.66. The van der Waals surface area contributed by atoms with Gasteiger partial charge < -0.3 is 5.11 Å². The van der Waals surface area contributed by atoms with Crippen LogP contribution in [-0.4, -0.2) is 11.1 Å². The molecule has 94 valence electrons. The Morgan fingerprint density at radius 2 is 1.37 bits per heavy atom. The second-order valence-corrected chi connectivity index (χ2v) is 4.04. The molecule has 0 amide bonds. The van der Waals surface area contributed by atoms with Gasteiger partial charge in [0.15, 0.2) is 0 Å². The van der Waals surface area contributed by atoms with Crippen molar-refractivity contribution in [3.8, 4) is 0 Å². The van der Waals surface area contributed by atoms with Gasteiger partial charge in [-0.2, -0.15) is 0 Å². The number of carboxylic acid groups (broad SMARTS) is 1. The second-order valence-electron chi connectivity index (χ2n) is 4.04. The van der Waals surface area contributed by atoms with Crippen molar-refractivity contribution in [2.24, 2.45) is 0 Å². The summed E-state index contributed by atoms with van der Waals surface area (Å²) in [7, 11) is 0. The first-order valence-corrected chi connectivity index (χ1v) is 5.99. The summed E-state index contributed by atoms with van der Waals surface area (Å²) in [6.45, 7) is 0. The van der Waals surface area contributed by atoms with Gasteiger partial charge in [-0.05, 0) is 22.8 Å². The Bertz CT molecular complexity index is 610. The Morgan fingerprint density at radius 3 is 2.00 bits per heavy atom. The molecule has 0 unspecified atom stereocenters. The molecular formula is C17H14O2. The zero-order valence-corrected chi connectivity index (χ0v) is 10.4. The third kappa shape index (κ3) is 3.96. The first kappa shape index (κ1) is 12.8. The highest BCUT2D eigenvalue weighted by Crippen LogP contribution is 2.14. The lowest BCUT2D eigenvalue weighted by molar-refractivity contribution is -0.131. The van der Waals surface area contributed by atoms with E-state index in [0.29, 0.717) is 0 Å². The summed E-state index contributed by atoms with van der Waals surface area (Å²) < 4.78 is 0. The standard InChI is InChI=1S/C17H14O2/c18-17(19)13-12-16-9-5-4-8-15(16)11-10-14-6-2-1-3-7-14/h1-13H,(H,18,19). The molecule has 0 aliphatic carbocycles. The number of rotatable bonds is 4. The van der Waals surface area contributed by atoms with Crippen LogP contribution in [0.15, 0.2) is 60.7 Å². The molecule has 2 aromatic rings. The zero-order chi connectivity index (χ0) is 13.5. The molecular weight excluding hydrogens is 236 g/mol. The fourth-order valence-corrected chi connectivity index (χ4v) is 1.73. The lowest BCUT2D eigenvalue weighted by atomic mass is 10.1. The molecule has 2 heteroatoms. The number of aliphatic carboxylic acids is 1. The summed E-state index contributed by atoms with van der Waals surface area (Å²) in [5.74, 6) is -0.943. The van der Waals surface area contributed by atoms with Gasteiger partial charge in [-0.25, -0.2) is 4.79 Å². The van der Waals surface area contributed by atoms with Crippen molar-refractivity contribution in [1.82, 2.24) is 0 Å². The van der Waals surface area contributed by atoms with Crippen LogP contribution in [0.4, 0.5) is 0 Å². The number of carbonyl (C=O) groups is 1. The summed E-state index contributed by atoms with van der Waals surface area (Å²) >= 11 is 0. The molecule has 0 aliphatic rings. The summed E-state index contributed by atoms with van der Waals surface area (Å²) in [5.41, 5.74) is 2.99. The van der Waals surface area contributed by atoms with E-state index in [4.69, 9.17) is 5.11 Å². The number of hydrogen-bond acceptors (Lipinski definition) is 1. The number of hydrogen-bond donors (Lipinski definition) is 1. The average molecular weight is 250 g/mol. The van der Waals surface area contributed by atoms with Crippen LogP contribution >= 0.6 is 0 Å². The van der Waals surface area contributed by atoms with Crippen molar-refractivity contribution in [1.29, 1.82) is 0 Å². The zero-order valence-electron chi connectivity index (χ0n) is 10.4. The summed E-state index contributed by atoms with van der Waals surface area (Å²) in [6.07, 6.45) is 6.74. The van der Waals surface area contributed by atoms with E-state index >= 15 is 0 Å². The van der Waals surface area contributed by atoms with Crippen LogP contribution in [0, 0.1) is 0 Å². The minimum atomic E-state index is -0.943. The van der Waals surface area contributed by atoms with Gasteiger partial charge >= 0.3 is 5.97 Å². The molecule has 19 heavy (non-hydrogen) atoms. The monoisotopic (exact) mass is 250 g/mol. The first-order valence-electron chi connectivity index (χ1n) is 5.99. The van der Waals surface area contributed by atoms with E-state index in [2.05, 4.69) is 0 Å². The molecule has 2 nitrogen and oxygen atoms in total. The first-order chi connectivity index (χ1) is 9.25. The maximum atomic E-state index is 10.6. The average Bonchev–Trinajstić information content (AvgIpc) is 2.45. The van der Waals surface area contributed by atoms with Gasteiger partial charge in [-0.3, -0.25) is 0 Å². The van der Waals surface area contributed by atoms with Crippen molar-refractivity contribution < 1.29 is 9.90 Å². The fraction of sp³-hybridized carbons (Fsp3) is 0. The SMILES string of the molecule is O=C(O)C=Cc1ccccc1C=Cc1ccccc1. The molecule has 0 atom stereocenters. The van der Waals surface area contributed by atoms with E-state index < -0.39 is 5.97 Å². The molecule has 0 radical (unpaired) electrons. The van der Waals surface area contributed by atoms with Gasteiger partial charge in [0.25, 0.3) is 0 Å². The molecule has 0 spiro atoms. The van der Waals surface area contributed by atoms with E-state index in [1.165, 1.54) is 0 Å². The molecule has 0 bridgehead atoms. The summed E-state index contributed by atoms with van der Waals surface area (Å²) in [5, 5.41) is 8.67.